The lowest BCUT2D eigenvalue weighted by atomic mass is 9.97. The Morgan fingerprint density at radius 1 is 1.40 bits per heavy atom. The summed E-state index contributed by atoms with van der Waals surface area (Å²) in [5.74, 6) is -1.59. The summed E-state index contributed by atoms with van der Waals surface area (Å²) >= 11 is 0. The van der Waals surface area contributed by atoms with Crippen LogP contribution in [-0.2, 0) is 15.1 Å². The van der Waals surface area contributed by atoms with Gasteiger partial charge in [-0.05, 0) is 24.6 Å². The van der Waals surface area contributed by atoms with E-state index in [0.717, 1.165) is 12.1 Å². The van der Waals surface area contributed by atoms with Gasteiger partial charge in [-0.2, -0.15) is 0 Å². The molecule has 82 valence electrons. The topological polar surface area (TPSA) is 46.5 Å². The maximum atomic E-state index is 12.8. The van der Waals surface area contributed by atoms with E-state index in [2.05, 4.69) is 4.74 Å². The number of hydrogen-bond acceptors (Lipinski definition) is 3. The normalized spacial score (nSPS) is 14.4. The summed E-state index contributed by atoms with van der Waals surface area (Å²) in [4.78, 5) is 9.94. The van der Waals surface area contributed by atoms with Crippen LogP contribution in [0.15, 0.2) is 18.2 Å². The molecular weight excluding hydrogens is 206 g/mol. The molecule has 15 heavy (non-hydrogen) atoms. The van der Waals surface area contributed by atoms with E-state index in [0.29, 0.717) is 6.07 Å². The highest BCUT2D eigenvalue weighted by Crippen LogP contribution is 2.22. The standard InChI is InChI=1S/C10H10F2O3/c1-10(14,5-15-6-13)7-2-8(11)4-9(12)3-7/h2-4,6,14H,5H2,1H3. The van der Waals surface area contributed by atoms with Crippen molar-refractivity contribution in [2.24, 2.45) is 0 Å². The smallest absolute Gasteiger partial charge is 0.293 e. The predicted octanol–water partition coefficient (Wildman–Crippen LogP) is 1.35. The Morgan fingerprint density at radius 2 is 1.93 bits per heavy atom. The second kappa shape index (κ2) is 4.35. The molecular formula is C10H10F2O3. The third-order valence-electron chi connectivity index (χ3n) is 1.92. The lowest BCUT2D eigenvalue weighted by molar-refractivity contribution is -0.136. The second-order valence-corrected chi connectivity index (χ2v) is 3.34. The molecule has 5 heteroatoms. The Morgan fingerprint density at radius 3 is 2.40 bits per heavy atom. The zero-order valence-electron chi connectivity index (χ0n) is 8.04. The Labute approximate surface area is 85.3 Å². The molecule has 0 saturated carbocycles. The van der Waals surface area contributed by atoms with Gasteiger partial charge in [-0.3, -0.25) is 4.79 Å². The maximum absolute atomic E-state index is 12.8. The monoisotopic (exact) mass is 216 g/mol. The lowest BCUT2D eigenvalue weighted by Crippen LogP contribution is -2.27. The molecule has 1 atom stereocenters. The van der Waals surface area contributed by atoms with Gasteiger partial charge in [0.1, 0.15) is 23.8 Å². The molecule has 3 nitrogen and oxygen atoms in total. The summed E-state index contributed by atoms with van der Waals surface area (Å²) in [5, 5.41) is 9.75. The Hall–Kier alpha value is -1.49. The van der Waals surface area contributed by atoms with Crippen LogP contribution in [0.25, 0.3) is 0 Å². The van der Waals surface area contributed by atoms with Crippen molar-refractivity contribution in [3.63, 3.8) is 0 Å². The molecule has 0 bridgehead atoms. The minimum absolute atomic E-state index is 0.0156. The molecule has 0 spiro atoms. The van der Waals surface area contributed by atoms with Gasteiger partial charge in [0.25, 0.3) is 6.47 Å². The first-order valence-corrected chi connectivity index (χ1v) is 4.20. The number of halogens is 2. The highest BCUT2D eigenvalue weighted by atomic mass is 19.1. The van der Waals surface area contributed by atoms with Gasteiger partial charge < -0.3 is 9.84 Å². The number of carbonyl (C=O) groups excluding carboxylic acids is 1. The van der Waals surface area contributed by atoms with Gasteiger partial charge in [-0.25, -0.2) is 8.78 Å². The van der Waals surface area contributed by atoms with Crippen LogP contribution in [0.5, 0.6) is 0 Å². The number of rotatable bonds is 4. The number of benzene rings is 1. The van der Waals surface area contributed by atoms with E-state index in [9.17, 15) is 18.7 Å². The van der Waals surface area contributed by atoms with E-state index < -0.39 is 17.2 Å². The van der Waals surface area contributed by atoms with E-state index >= 15 is 0 Å². The number of aliphatic hydroxyl groups is 1. The quantitative estimate of drug-likeness (QED) is 0.772. The van der Waals surface area contributed by atoms with Gasteiger partial charge in [0, 0.05) is 6.07 Å². The van der Waals surface area contributed by atoms with Crippen LogP contribution in [0.4, 0.5) is 8.78 Å². The first kappa shape index (κ1) is 11.6. The fourth-order valence-electron chi connectivity index (χ4n) is 1.14. The molecule has 1 rings (SSSR count). The van der Waals surface area contributed by atoms with Crippen molar-refractivity contribution in [2.45, 2.75) is 12.5 Å². The van der Waals surface area contributed by atoms with Crippen LogP contribution < -0.4 is 0 Å². The molecule has 0 aliphatic heterocycles. The Bertz CT molecular complexity index is 343. The fourth-order valence-corrected chi connectivity index (χ4v) is 1.14. The highest BCUT2D eigenvalue weighted by Gasteiger charge is 2.25. The maximum Gasteiger partial charge on any atom is 0.293 e. The molecule has 1 N–H and O–H groups in total. The Kier molecular flexibility index (Phi) is 3.36. The minimum Gasteiger partial charge on any atom is -0.464 e. The van der Waals surface area contributed by atoms with Crippen molar-refractivity contribution in [3.05, 3.63) is 35.4 Å². The highest BCUT2D eigenvalue weighted by molar-refractivity contribution is 5.37. The van der Waals surface area contributed by atoms with Crippen molar-refractivity contribution in [2.75, 3.05) is 6.61 Å². The molecule has 0 aliphatic rings. The summed E-state index contributed by atoms with van der Waals surface area (Å²) < 4.78 is 30.0. The van der Waals surface area contributed by atoms with Gasteiger partial charge >= 0.3 is 0 Å². The van der Waals surface area contributed by atoms with Crippen molar-refractivity contribution in [1.82, 2.24) is 0 Å². The van der Waals surface area contributed by atoms with Crippen molar-refractivity contribution in [3.8, 4) is 0 Å². The molecule has 1 unspecified atom stereocenters. The number of ether oxygens (including phenoxy) is 1. The van der Waals surface area contributed by atoms with Gasteiger partial charge in [-0.15, -0.1) is 0 Å². The first-order chi connectivity index (χ1) is 6.95. The second-order valence-electron chi connectivity index (χ2n) is 3.34. The van der Waals surface area contributed by atoms with Crippen LogP contribution in [0.2, 0.25) is 0 Å². The van der Waals surface area contributed by atoms with E-state index in [1.165, 1.54) is 6.92 Å². The first-order valence-electron chi connectivity index (χ1n) is 4.20. The average molecular weight is 216 g/mol. The van der Waals surface area contributed by atoms with Crippen LogP contribution in [-0.4, -0.2) is 18.2 Å². The number of hydrogen-bond donors (Lipinski definition) is 1. The average Bonchev–Trinajstić information content (AvgIpc) is 2.13. The third kappa shape index (κ3) is 2.99. The lowest BCUT2D eigenvalue weighted by Gasteiger charge is -2.22. The van der Waals surface area contributed by atoms with Crippen LogP contribution in [0.1, 0.15) is 12.5 Å². The van der Waals surface area contributed by atoms with Crippen molar-refractivity contribution < 1.29 is 23.4 Å². The van der Waals surface area contributed by atoms with E-state index in [1.807, 2.05) is 0 Å². The zero-order valence-corrected chi connectivity index (χ0v) is 8.04. The van der Waals surface area contributed by atoms with Crippen LogP contribution in [0, 0.1) is 11.6 Å². The van der Waals surface area contributed by atoms with E-state index in [1.54, 1.807) is 0 Å². The Balaban J connectivity index is 2.97. The summed E-state index contributed by atoms with van der Waals surface area (Å²) in [5.41, 5.74) is -1.59. The molecule has 1 aromatic carbocycles. The minimum atomic E-state index is -1.61. The summed E-state index contributed by atoms with van der Waals surface area (Å²) in [6.45, 7) is 1.09. The van der Waals surface area contributed by atoms with Crippen molar-refractivity contribution in [1.29, 1.82) is 0 Å². The van der Waals surface area contributed by atoms with Crippen LogP contribution >= 0.6 is 0 Å². The van der Waals surface area contributed by atoms with Crippen LogP contribution in [0.3, 0.4) is 0 Å². The largest absolute Gasteiger partial charge is 0.464 e. The molecule has 0 aliphatic carbocycles. The molecule has 0 heterocycles. The van der Waals surface area contributed by atoms with Gasteiger partial charge in [0.05, 0.1) is 0 Å². The summed E-state index contributed by atoms with van der Waals surface area (Å²) in [6.07, 6.45) is 0. The molecule has 0 radical (unpaired) electrons. The van der Waals surface area contributed by atoms with Gasteiger partial charge in [0.2, 0.25) is 0 Å². The molecule has 0 amide bonds. The third-order valence-corrected chi connectivity index (χ3v) is 1.92. The van der Waals surface area contributed by atoms with E-state index in [-0.39, 0.29) is 18.6 Å². The predicted molar refractivity (Wildman–Crippen MR) is 47.9 cm³/mol. The summed E-state index contributed by atoms with van der Waals surface area (Å²) in [7, 11) is 0. The van der Waals surface area contributed by atoms with E-state index in [4.69, 9.17) is 0 Å². The molecule has 1 aromatic rings. The zero-order chi connectivity index (χ0) is 11.5. The fraction of sp³-hybridized carbons (Fsp3) is 0.300. The summed E-state index contributed by atoms with van der Waals surface area (Å²) in [6, 6.07) is 2.66. The number of carbonyl (C=O) groups is 1. The van der Waals surface area contributed by atoms with Crippen molar-refractivity contribution >= 4 is 6.47 Å². The molecule has 0 fully saturated rings. The molecule has 0 saturated heterocycles. The van der Waals surface area contributed by atoms with Gasteiger partial charge in [-0.1, -0.05) is 0 Å². The molecule has 0 aromatic heterocycles. The SMILES string of the molecule is CC(O)(COC=O)c1cc(F)cc(F)c1. The van der Waals surface area contributed by atoms with Gasteiger partial charge in [0.15, 0.2) is 0 Å².